The van der Waals surface area contributed by atoms with Crippen LogP contribution in [0.3, 0.4) is 0 Å². The molecule has 1 amide bonds. The van der Waals surface area contributed by atoms with Gasteiger partial charge >= 0.3 is 0 Å². The molecule has 0 radical (unpaired) electrons. The molecule has 21 heavy (non-hydrogen) atoms. The molecule has 0 saturated carbocycles. The van der Waals surface area contributed by atoms with Gasteiger partial charge in [-0.05, 0) is 24.6 Å². The molecule has 114 valence electrons. The zero-order valence-electron chi connectivity index (χ0n) is 13.0. The Balaban J connectivity index is 2.17. The Bertz CT molecular complexity index is 554. The first-order valence-electron chi connectivity index (χ1n) is 7.21. The van der Waals surface area contributed by atoms with Crippen LogP contribution in [0.15, 0.2) is 18.2 Å². The number of nitrogens with zero attached hydrogens (tertiary/aromatic N) is 1. The first-order chi connectivity index (χ1) is 9.93. The first kappa shape index (κ1) is 15.5. The average molecular weight is 290 g/mol. The topological polar surface area (TPSA) is 58.6 Å². The summed E-state index contributed by atoms with van der Waals surface area (Å²) in [6.45, 7) is 7.54. The van der Waals surface area contributed by atoms with E-state index in [9.17, 15) is 9.59 Å². The van der Waals surface area contributed by atoms with Crippen molar-refractivity contribution < 1.29 is 14.3 Å². The summed E-state index contributed by atoms with van der Waals surface area (Å²) in [4.78, 5) is 25.7. The van der Waals surface area contributed by atoms with Crippen LogP contribution >= 0.6 is 0 Å². The van der Waals surface area contributed by atoms with Crippen LogP contribution in [0.1, 0.15) is 31.1 Å². The maximum absolute atomic E-state index is 12.2. The Morgan fingerprint density at radius 2 is 1.95 bits per heavy atom. The number of hydrogen-bond acceptors (Lipinski definition) is 4. The smallest absolute Gasteiger partial charge is 0.299 e. The minimum absolute atomic E-state index is 0.251. The third-order valence-electron chi connectivity index (χ3n) is 3.55. The van der Waals surface area contributed by atoms with E-state index in [1.165, 1.54) is 0 Å². The largest absolute Gasteiger partial charge is 0.497 e. The van der Waals surface area contributed by atoms with Gasteiger partial charge in [-0.1, -0.05) is 20.8 Å². The second-order valence-corrected chi connectivity index (χ2v) is 5.80. The van der Waals surface area contributed by atoms with Crippen molar-refractivity contribution in [2.45, 2.75) is 26.8 Å². The second kappa shape index (κ2) is 6.26. The SMILES string of the molecule is COc1ccc2c(c1)N(CC(C)CNC(C)C)C(=O)C2=O. The second-order valence-electron chi connectivity index (χ2n) is 5.80. The minimum Gasteiger partial charge on any atom is -0.497 e. The van der Waals surface area contributed by atoms with E-state index in [1.807, 2.05) is 0 Å². The lowest BCUT2D eigenvalue weighted by molar-refractivity contribution is -0.114. The number of methoxy groups -OCH3 is 1. The van der Waals surface area contributed by atoms with Crippen molar-refractivity contribution in [2.75, 3.05) is 25.1 Å². The van der Waals surface area contributed by atoms with Crippen LogP contribution in [-0.2, 0) is 4.79 Å². The van der Waals surface area contributed by atoms with Crippen LogP contribution in [0, 0.1) is 5.92 Å². The Labute approximate surface area is 125 Å². The standard InChI is InChI=1S/C16H22N2O3/c1-10(2)17-8-11(3)9-18-14-7-12(21-4)5-6-13(14)15(19)16(18)20/h5-7,10-11,17H,8-9H2,1-4H3. The summed E-state index contributed by atoms with van der Waals surface area (Å²) in [5, 5.41) is 3.34. The Kier molecular flexibility index (Phi) is 4.63. The lowest BCUT2D eigenvalue weighted by Gasteiger charge is -2.22. The number of rotatable bonds is 6. The molecule has 1 atom stereocenters. The highest BCUT2D eigenvalue weighted by atomic mass is 16.5. The maximum atomic E-state index is 12.2. The van der Waals surface area contributed by atoms with Crippen molar-refractivity contribution >= 4 is 17.4 Å². The molecular formula is C16H22N2O3. The van der Waals surface area contributed by atoms with E-state index in [1.54, 1.807) is 30.2 Å². The van der Waals surface area contributed by atoms with Gasteiger partial charge in [-0.25, -0.2) is 0 Å². The highest BCUT2D eigenvalue weighted by molar-refractivity contribution is 6.52. The van der Waals surface area contributed by atoms with Gasteiger partial charge in [-0.15, -0.1) is 0 Å². The van der Waals surface area contributed by atoms with Crippen LogP contribution in [0.5, 0.6) is 5.75 Å². The molecule has 0 fully saturated rings. The van der Waals surface area contributed by atoms with Crippen LogP contribution < -0.4 is 15.0 Å². The molecule has 5 nitrogen and oxygen atoms in total. The number of ketones is 1. The summed E-state index contributed by atoms with van der Waals surface area (Å²) < 4.78 is 5.18. The van der Waals surface area contributed by atoms with E-state index < -0.39 is 11.7 Å². The summed E-state index contributed by atoms with van der Waals surface area (Å²) in [6.07, 6.45) is 0. The van der Waals surface area contributed by atoms with Gasteiger partial charge in [0.15, 0.2) is 0 Å². The molecule has 1 aromatic carbocycles. The molecule has 2 rings (SSSR count). The van der Waals surface area contributed by atoms with Crippen LogP contribution in [-0.4, -0.2) is 37.9 Å². The van der Waals surface area contributed by atoms with Gasteiger partial charge in [0, 0.05) is 18.7 Å². The normalized spacial score (nSPS) is 15.6. The number of amides is 1. The van der Waals surface area contributed by atoms with Crippen LogP contribution in [0.25, 0.3) is 0 Å². The zero-order chi connectivity index (χ0) is 15.6. The van der Waals surface area contributed by atoms with Gasteiger partial charge in [-0.3, -0.25) is 9.59 Å². The quantitative estimate of drug-likeness (QED) is 0.812. The Hall–Kier alpha value is -1.88. The molecule has 0 saturated heterocycles. The summed E-state index contributed by atoms with van der Waals surface area (Å²) in [7, 11) is 1.57. The molecule has 0 aliphatic carbocycles. The van der Waals surface area contributed by atoms with E-state index in [2.05, 4.69) is 26.1 Å². The number of Topliss-reactive ketones (excluding diaryl/α,β-unsaturated/α-hetero) is 1. The van der Waals surface area contributed by atoms with Crippen molar-refractivity contribution in [2.24, 2.45) is 5.92 Å². The van der Waals surface area contributed by atoms with E-state index >= 15 is 0 Å². The van der Waals surface area contributed by atoms with E-state index in [-0.39, 0.29) is 5.92 Å². The number of fused-ring (bicyclic) bond motifs is 1. The third kappa shape index (κ3) is 3.24. The molecule has 1 aliphatic heterocycles. The Morgan fingerprint density at radius 1 is 1.24 bits per heavy atom. The number of benzene rings is 1. The fraction of sp³-hybridized carbons (Fsp3) is 0.500. The van der Waals surface area contributed by atoms with Gasteiger partial charge in [-0.2, -0.15) is 0 Å². The number of nitrogens with one attached hydrogen (secondary N) is 1. The predicted molar refractivity (Wildman–Crippen MR) is 82.0 cm³/mol. The van der Waals surface area contributed by atoms with E-state index in [0.29, 0.717) is 29.6 Å². The van der Waals surface area contributed by atoms with Crippen molar-refractivity contribution in [1.82, 2.24) is 5.32 Å². The van der Waals surface area contributed by atoms with Crippen LogP contribution in [0.4, 0.5) is 5.69 Å². The number of anilines is 1. The summed E-state index contributed by atoms with van der Waals surface area (Å²) in [5.74, 6) is 0.0156. The molecule has 5 heteroatoms. The van der Waals surface area contributed by atoms with Crippen LogP contribution in [0.2, 0.25) is 0 Å². The van der Waals surface area contributed by atoms with Crippen molar-refractivity contribution in [3.63, 3.8) is 0 Å². The maximum Gasteiger partial charge on any atom is 0.299 e. The van der Waals surface area contributed by atoms with Gasteiger partial charge in [0.1, 0.15) is 5.75 Å². The van der Waals surface area contributed by atoms with E-state index in [4.69, 9.17) is 4.74 Å². The number of hydrogen-bond donors (Lipinski definition) is 1. The van der Waals surface area contributed by atoms with Crippen molar-refractivity contribution in [1.29, 1.82) is 0 Å². The average Bonchev–Trinajstić information content (AvgIpc) is 2.69. The van der Waals surface area contributed by atoms with Gasteiger partial charge < -0.3 is 15.0 Å². The molecule has 1 heterocycles. The molecule has 1 aliphatic rings. The summed E-state index contributed by atoms with van der Waals surface area (Å²) in [5.41, 5.74) is 1.12. The molecule has 0 spiro atoms. The zero-order valence-corrected chi connectivity index (χ0v) is 13.0. The highest BCUT2D eigenvalue weighted by Gasteiger charge is 2.36. The van der Waals surface area contributed by atoms with Gasteiger partial charge in [0.05, 0.1) is 18.4 Å². The first-order valence-corrected chi connectivity index (χ1v) is 7.21. The Morgan fingerprint density at radius 3 is 2.57 bits per heavy atom. The molecule has 0 bridgehead atoms. The number of carbonyl (C=O) groups is 2. The monoisotopic (exact) mass is 290 g/mol. The van der Waals surface area contributed by atoms with Gasteiger partial charge in [0.25, 0.3) is 11.7 Å². The molecule has 0 aromatic heterocycles. The minimum atomic E-state index is -0.449. The molecular weight excluding hydrogens is 268 g/mol. The predicted octanol–water partition coefficient (Wildman–Crippen LogP) is 1.86. The van der Waals surface area contributed by atoms with E-state index in [0.717, 1.165) is 6.54 Å². The molecule has 1 N–H and O–H groups in total. The lowest BCUT2D eigenvalue weighted by Crippen LogP contribution is -2.38. The van der Waals surface area contributed by atoms with Gasteiger partial charge in [0.2, 0.25) is 0 Å². The summed E-state index contributed by atoms with van der Waals surface area (Å²) >= 11 is 0. The number of ether oxygens (including phenoxy) is 1. The fourth-order valence-electron chi connectivity index (χ4n) is 2.40. The lowest BCUT2D eigenvalue weighted by atomic mass is 10.1. The molecule has 1 unspecified atom stereocenters. The third-order valence-corrected chi connectivity index (χ3v) is 3.55. The molecule has 1 aromatic rings. The summed E-state index contributed by atoms with van der Waals surface area (Å²) in [6, 6.07) is 5.51. The highest BCUT2D eigenvalue weighted by Crippen LogP contribution is 2.32. The fourth-order valence-corrected chi connectivity index (χ4v) is 2.40. The number of carbonyl (C=O) groups excluding carboxylic acids is 2. The van der Waals surface area contributed by atoms with Crippen molar-refractivity contribution in [3.05, 3.63) is 23.8 Å². The van der Waals surface area contributed by atoms with Crippen molar-refractivity contribution in [3.8, 4) is 5.75 Å².